The van der Waals surface area contributed by atoms with Crippen molar-refractivity contribution in [1.82, 2.24) is 4.90 Å². The van der Waals surface area contributed by atoms with Crippen LogP contribution in [0.3, 0.4) is 0 Å². The summed E-state index contributed by atoms with van der Waals surface area (Å²) < 4.78 is 6.37. The number of nitrogens with zero attached hydrogens (tertiary/aromatic N) is 1. The van der Waals surface area contributed by atoms with Crippen LogP contribution in [0.2, 0.25) is 0 Å². The number of esters is 1. The Hall–Kier alpha value is -1.65. The molecule has 0 atom stereocenters. The summed E-state index contributed by atoms with van der Waals surface area (Å²) in [6.45, 7) is 4.52. The number of rotatable bonds is 5. The zero-order valence-corrected chi connectivity index (χ0v) is 14.8. The first-order valence-corrected chi connectivity index (χ1v) is 8.63. The van der Waals surface area contributed by atoms with Crippen LogP contribution < -0.4 is 0 Å². The summed E-state index contributed by atoms with van der Waals surface area (Å²) in [5.74, 6) is -0.119. The SMILES string of the molecule is CCOC(=O)C1(c2ccc(Br)cc2)CN(Cc2ccccc2)C1. The lowest BCUT2D eigenvalue weighted by atomic mass is 9.73. The van der Waals surface area contributed by atoms with Crippen LogP contribution in [-0.2, 0) is 21.5 Å². The highest BCUT2D eigenvalue weighted by Gasteiger charge is 2.51. The van der Waals surface area contributed by atoms with Crippen molar-refractivity contribution in [2.75, 3.05) is 19.7 Å². The van der Waals surface area contributed by atoms with Gasteiger partial charge in [0, 0.05) is 24.1 Å². The second-order valence-electron chi connectivity index (χ2n) is 5.94. The zero-order valence-electron chi connectivity index (χ0n) is 13.2. The van der Waals surface area contributed by atoms with Crippen molar-refractivity contribution < 1.29 is 9.53 Å². The standard InChI is InChI=1S/C19H20BrNO2/c1-2-23-18(22)19(16-8-10-17(20)11-9-16)13-21(14-19)12-15-6-4-3-5-7-15/h3-11H,2,12-14H2,1H3. The van der Waals surface area contributed by atoms with Gasteiger partial charge < -0.3 is 4.74 Å². The summed E-state index contributed by atoms with van der Waals surface area (Å²) in [6.07, 6.45) is 0. The molecule has 3 rings (SSSR count). The second kappa shape index (κ2) is 6.85. The molecule has 0 amide bonds. The van der Waals surface area contributed by atoms with Crippen molar-refractivity contribution in [2.45, 2.75) is 18.9 Å². The van der Waals surface area contributed by atoms with Crippen LogP contribution in [0.15, 0.2) is 59.1 Å². The summed E-state index contributed by atoms with van der Waals surface area (Å²) in [5.41, 5.74) is 1.76. The van der Waals surface area contributed by atoms with Crippen molar-refractivity contribution in [1.29, 1.82) is 0 Å². The number of hydrogen-bond donors (Lipinski definition) is 0. The average Bonchev–Trinajstić information content (AvgIpc) is 2.53. The molecule has 0 spiro atoms. The van der Waals surface area contributed by atoms with Crippen LogP contribution in [-0.4, -0.2) is 30.6 Å². The van der Waals surface area contributed by atoms with Gasteiger partial charge in [-0.2, -0.15) is 0 Å². The van der Waals surface area contributed by atoms with Gasteiger partial charge in [0.2, 0.25) is 0 Å². The van der Waals surface area contributed by atoms with E-state index in [1.54, 1.807) is 0 Å². The first-order chi connectivity index (χ1) is 11.1. The summed E-state index contributed by atoms with van der Waals surface area (Å²) in [6, 6.07) is 18.3. The number of carbonyl (C=O) groups excluding carboxylic acids is 1. The number of hydrogen-bond acceptors (Lipinski definition) is 3. The minimum absolute atomic E-state index is 0.119. The Balaban J connectivity index is 1.77. The summed E-state index contributed by atoms with van der Waals surface area (Å²) in [4.78, 5) is 14.9. The topological polar surface area (TPSA) is 29.5 Å². The smallest absolute Gasteiger partial charge is 0.319 e. The molecule has 0 bridgehead atoms. The van der Waals surface area contributed by atoms with E-state index in [4.69, 9.17) is 4.74 Å². The molecule has 0 unspecified atom stereocenters. The minimum Gasteiger partial charge on any atom is -0.465 e. The Morgan fingerprint density at radius 2 is 1.78 bits per heavy atom. The summed E-state index contributed by atoms with van der Waals surface area (Å²) >= 11 is 3.45. The van der Waals surface area contributed by atoms with Gasteiger partial charge in [-0.25, -0.2) is 0 Å². The molecule has 4 heteroatoms. The molecule has 1 heterocycles. The van der Waals surface area contributed by atoms with Crippen LogP contribution in [0, 0.1) is 0 Å². The van der Waals surface area contributed by atoms with Gasteiger partial charge >= 0.3 is 5.97 Å². The van der Waals surface area contributed by atoms with Crippen LogP contribution in [0.25, 0.3) is 0 Å². The van der Waals surface area contributed by atoms with Gasteiger partial charge in [0.25, 0.3) is 0 Å². The molecule has 1 aliphatic rings. The van der Waals surface area contributed by atoms with E-state index in [9.17, 15) is 4.79 Å². The Morgan fingerprint density at radius 1 is 1.13 bits per heavy atom. The van der Waals surface area contributed by atoms with Gasteiger partial charge in [0.05, 0.1) is 6.61 Å². The van der Waals surface area contributed by atoms with E-state index in [-0.39, 0.29) is 5.97 Å². The molecule has 0 N–H and O–H groups in total. The van der Waals surface area contributed by atoms with Gasteiger partial charge in [-0.3, -0.25) is 9.69 Å². The van der Waals surface area contributed by atoms with Crippen LogP contribution in [0.5, 0.6) is 0 Å². The average molecular weight is 374 g/mol. The fraction of sp³-hybridized carbons (Fsp3) is 0.316. The van der Waals surface area contributed by atoms with Gasteiger partial charge in [0.15, 0.2) is 0 Å². The van der Waals surface area contributed by atoms with E-state index >= 15 is 0 Å². The number of carbonyl (C=O) groups is 1. The zero-order chi connectivity index (χ0) is 16.3. The first-order valence-electron chi connectivity index (χ1n) is 7.83. The number of halogens is 1. The third-order valence-electron chi connectivity index (χ3n) is 4.30. The van der Waals surface area contributed by atoms with E-state index in [2.05, 4.69) is 33.0 Å². The number of benzene rings is 2. The maximum Gasteiger partial charge on any atom is 0.319 e. The lowest BCUT2D eigenvalue weighted by molar-refractivity contribution is -0.158. The van der Waals surface area contributed by atoms with Gasteiger partial charge in [0.1, 0.15) is 5.41 Å². The highest BCUT2D eigenvalue weighted by atomic mass is 79.9. The molecule has 3 nitrogen and oxygen atoms in total. The molecule has 0 aliphatic carbocycles. The van der Waals surface area contributed by atoms with E-state index < -0.39 is 5.41 Å². The quantitative estimate of drug-likeness (QED) is 0.747. The highest BCUT2D eigenvalue weighted by molar-refractivity contribution is 9.10. The largest absolute Gasteiger partial charge is 0.465 e. The maximum atomic E-state index is 12.6. The van der Waals surface area contributed by atoms with Gasteiger partial charge in [-0.15, -0.1) is 0 Å². The molecule has 1 fully saturated rings. The van der Waals surface area contributed by atoms with E-state index in [0.29, 0.717) is 19.7 Å². The van der Waals surface area contributed by atoms with E-state index in [0.717, 1.165) is 16.6 Å². The maximum absolute atomic E-state index is 12.6. The van der Waals surface area contributed by atoms with Crippen molar-refractivity contribution in [2.24, 2.45) is 0 Å². The molecular weight excluding hydrogens is 354 g/mol. The van der Waals surface area contributed by atoms with Gasteiger partial charge in [-0.1, -0.05) is 58.4 Å². The lowest BCUT2D eigenvalue weighted by Crippen LogP contribution is -2.63. The lowest BCUT2D eigenvalue weighted by Gasteiger charge is -2.48. The third kappa shape index (κ3) is 3.33. The third-order valence-corrected chi connectivity index (χ3v) is 4.83. The Morgan fingerprint density at radius 3 is 2.39 bits per heavy atom. The van der Waals surface area contributed by atoms with Crippen LogP contribution in [0.4, 0.5) is 0 Å². The second-order valence-corrected chi connectivity index (χ2v) is 6.86. The Labute approximate surface area is 145 Å². The molecule has 0 aromatic heterocycles. The van der Waals surface area contributed by atoms with E-state index in [1.165, 1.54) is 5.56 Å². The molecule has 2 aromatic rings. The fourth-order valence-electron chi connectivity index (χ4n) is 3.14. The van der Waals surface area contributed by atoms with Crippen molar-refractivity contribution in [3.05, 3.63) is 70.2 Å². The Bertz CT molecular complexity index is 664. The number of likely N-dealkylation sites (tertiary alicyclic amines) is 1. The van der Waals surface area contributed by atoms with Crippen molar-refractivity contribution >= 4 is 21.9 Å². The molecule has 23 heavy (non-hydrogen) atoms. The van der Waals surface area contributed by atoms with Crippen LogP contribution in [0.1, 0.15) is 18.1 Å². The first kappa shape index (κ1) is 16.2. The molecule has 1 aliphatic heterocycles. The van der Waals surface area contributed by atoms with Gasteiger partial charge in [-0.05, 0) is 30.2 Å². The van der Waals surface area contributed by atoms with E-state index in [1.807, 2.05) is 49.4 Å². The van der Waals surface area contributed by atoms with Crippen molar-refractivity contribution in [3.8, 4) is 0 Å². The van der Waals surface area contributed by atoms with Crippen molar-refractivity contribution in [3.63, 3.8) is 0 Å². The predicted molar refractivity (Wildman–Crippen MR) is 94.2 cm³/mol. The van der Waals surface area contributed by atoms with Crippen LogP contribution >= 0.6 is 15.9 Å². The molecule has 0 radical (unpaired) electrons. The Kier molecular flexibility index (Phi) is 4.83. The molecular formula is C19H20BrNO2. The minimum atomic E-state index is -0.536. The monoisotopic (exact) mass is 373 g/mol. The normalized spacial score (nSPS) is 16.6. The molecule has 2 aromatic carbocycles. The highest BCUT2D eigenvalue weighted by Crippen LogP contribution is 2.37. The predicted octanol–water partition coefficient (Wildman–Crippen LogP) is 3.77. The summed E-state index contributed by atoms with van der Waals surface area (Å²) in [5, 5.41) is 0. The summed E-state index contributed by atoms with van der Waals surface area (Å²) in [7, 11) is 0. The fourth-order valence-corrected chi connectivity index (χ4v) is 3.40. The molecule has 0 saturated carbocycles. The number of ether oxygens (including phenoxy) is 1. The molecule has 1 saturated heterocycles. The molecule has 120 valence electrons.